The molecule has 4 heteroatoms. The normalized spacial score (nSPS) is 10.2. The molecule has 1 aromatic rings. The van der Waals surface area contributed by atoms with Crippen molar-refractivity contribution >= 4 is 11.9 Å². The van der Waals surface area contributed by atoms with Crippen molar-refractivity contribution in [2.45, 2.75) is 32.6 Å². The Morgan fingerprint density at radius 1 is 1.16 bits per heavy atom. The second kappa shape index (κ2) is 8.29. The van der Waals surface area contributed by atoms with Crippen LogP contribution in [0.5, 0.6) is 0 Å². The van der Waals surface area contributed by atoms with Crippen LogP contribution in [0.1, 0.15) is 31.7 Å². The number of hydrogen-bond donors (Lipinski definition) is 1. The lowest BCUT2D eigenvalue weighted by atomic mass is 10.1. The van der Waals surface area contributed by atoms with Crippen LogP contribution >= 0.6 is 0 Å². The van der Waals surface area contributed by atoms with Crippen LogP contribution in [-0.4, -0.2) is 35.0 Å². The van der Waals surface area contributed by atoms with E-state index in [1.54, 1.807) is 0 Å². The molecule has 0 aliphatic carbocycles. The maximum absolute atomic E-state index is 12.1. The summed E-state index contributed by atoms with van der Waals surface area (Å²) in [6.45, 7) is 2.38. The largest absolute Gasteiger partial charge is 0.480 e. The van der Waals surface area contributed by atoms with Gasteiger partial charge in [0.25, 0.3) is 0 Å². The highest BCUT2D eigenvalue weighted by atomic mass is 16.4. The molecule has 0 radical (unpaired) electrons. The molecule has 0 fully saturated rings. The summed E-state index contributed by atoms with van der Waals surface area (Å²) >= 11 is 0. The Labute approximate surface area is 114 Å². The number of aliphatic carboxylic acids is 1. The number of hydrogen-bond acceptors (Lipinski definition) is 2. The standard InChI is InChI=1S/C15H21NO3/c1-2-3-7-10-16(12-15(18)19)14(17)11-13-8-5-4-6-9-13/h4-6,8-9H,2-3,7,10-12H2,1H3,(H,18,19). The van der Waals surface area contributed by atoms with Gasteiger partial charge in [-0.15, -0.1) is 0 Å². The molecule has 1 N–H and O–H groups in total. The maximum atomic E-state index is 12.1. The van der Waals surface area contributed by atoms with E-state index in [4.69, 9.17) is 5.11 Å². The molecule has 0 atom stereocenters. The Bertz CT molecular complexity index is 403. The first-order valence-electron chi connectivity index (χ1n) is 6.67. The Balaban J connectivity index is 2.57. The Hall–Kier alpha value is -1.84. The summed E-state index contributed by atoms with van der Waals surface area (Å²) in [5, 5.41) is 8.86. The van der Waals surface area contributed by atoms with Crippen molar-refractivity contribution in [1.82, 2.24) is 4.90 Å². The molecule has 1 rings (SSSR count). The van der Waals surface area contributed by atoms with E-state index in [2.05, 4.69) is 6.92 Å². The van der Waals surface area contributed by atoms with Gasteiger partial charge < -0.3 is 10.0 Å². The van der Waals surface area contributed by atoms with E-state index in [1.807, 2.05) is 30.3 Å². The highest BCUT2D eigenvalue weighted by Crippen LogP contribution is 2.05. The monoisotopic (exact) mass is 263 g/mol. The van der Waals surface area contributed by atoms with Crippen molar-refractivity contribution in [1.29, 1.82) is 0 Å². The van der Waals surface area contributed by atoms with Gasteiger partial charge in [0.05, 0.1) is 6.42 Å². The molecule has 0 unspecified atom stereocenters. The fourth-order valence-corrected chi connectivity index (χ4v) is 1.89. The third-order valence-corrected chi connectivity index (χ3v) is 2.91. The summed E-state index contributed by atoms with van der Waals surface area (Å²) in [6, 6.07) is 9.40. The van der Waals surface area contributed by atoms with Gasteiger partial charge in [0.1, 0.15) is 6.54 Å². The molecule has 104 valence electrons. The van der Waals surface area contributed by atoms with Crippen LogP contribution in [0.25, 0.3) is 0 Å². The molecule has 0 saturated heterocycles. The fraction of sp³-hybridized carbons (Fsp3) is 0.467. The van der Waals surface area contributed by atoms with Crippen LogP contribution in [0.4, 0.5) is 0 Å². The van der Waals surface area contributed by atoms with E-state index in [1.165, 1.54) is 4.90 Å². The number of benzene rings is 1. The molecule has 0 aliphatic heterocycles. The maximum Gasteiger partial charge on any atom is 0.323 e. The molecule has 0 aromatic heterocycles. The van der Waals surface area contributed by atoms with Gasteiger partial charge >= 0.3 is 5.97 Å². The summed E-state index contributed by atoms with van der Waals surface area (Å²) in [5.41, 5.74) is 0.915. The predicted octanol–water partition coefficient (Wildman–Crippen LogP) is 2.33. The summed E-state index contributed by atoms with van der Waals surface area (Å²) in [5.74, 6) is -1.08. The number of carboxylic acid groups (broad SMARTS) is 1. The van der Waals surface area contributed by atoms with E-state index in [-0.39, 0.29) is 18.9 Å². The lowest BCUT2D eigenvalue weighted by Crippen LogP contribution is -2.37. The highest BCUT2D eigenvalue weighted by molar-refractivity contribution is 5.82. The Morgan fingerprint density at radius 2 is 1.84 bits per heavy atom. The number of carbonyl (C=O) groups is 2. The summed E-state index contributed by atoms with van der Waals surface area (Å²) in [7, 11) is 0. The zero-order valence-electron chi connectivity index (χ0n) is 11.3. The van der Waals surface area contributed by atoms with E-state index >= 15 is 0 Å². The molecule has 0 saturated carbocycles. The van der Waals surface area contributed by atoms with Crippen molar-refractivity contribution < 1.29 is 14.7 Å². The van der Waals surface area contributed by atoms with E-state index in [0.29, 0.717) is 6.54 Å². The van der Waals surface area contributed by atoms with Gasteiger partial charge in [0, 0.05) is 6.54 Å². The highest BCUT2D eigenvalue weighted by Gasteiger charge is 2.16. The van der Waals surface area contributed by atoms with Crippen LogP contribution in [0.15, 0.2) is 30.3 Å². The predicted molar refractivity (Wildman–Crippen MR) is 73.9 cm³/mol. The van der Waals surface area contributed by atoms with E-state index in [9.17, 15) is 9.59 Å². The molecule has 0 aliphatic rings. The second-order valence-electron chi connectivity index (χ2n) is 4.58. The van der Waals surface area contributed by atoms with E-state index in [0.717, 1.165) is 24.8 Å². The first-order valence-corrected chi connectivity index (χ1v) is 6.67. The minimum atomic E-state index is -0.960. The molecule has 0 bridgehead atoms. The molecule has 0 heterocycles. The van der Waals surface area contributed by atoms with Crippen LogP contribution < -0.4 is 0 Å². The van der Waals surface area contributed by atoms with Crippen LogP contribution in [0.3, 0.4) is 0 Å². The van der Waals surface area contributed by atoms with Gasteiger partial charge in [-0.25, -0.2) is 0 Å². The van der Waals surface area contributed by atoms with E-state index < -0.39 is 5.97 Å². The number of rotatable bonds is 8. The molecule has 0 spiro atoms. The number of amides is 1. The average Bonchev–Trinajstić information content (AvgIpc) is 2.38. The number of carboxylic acids is 1. The third-order valence-electron chi connectivity index (χ3n) is 2.91. The zero-order chi connectivity index (χ0) is 14.1. The molecule has 1 aromatic carbocycles. The summed E-state index contributed by atoms with van der Waals surface area (Å²) in [4.78, 5) is 24.3. The van der Waals surface area contributed by atoms with Gasteiger partial charge in [0.2, 0.25) is 5.91 Å². The Kier molecular flexibility index (Phi) is 6.64. The zero-order valence-corrected chi connectivity index (χ0v) is 11.3. The third kappa shape index (κ3) is 6.04. The van der Waals surface area contributed by atoms with Crippen LogP contribution in [0.2, 0.25) is 0 Å². The SMILES string of the molecule is CCCCCN(CC(=O)O)C(=O)Cc1ccccc1. The van der Waals surface area contributed by atoms with Crippen molar-refractivity contribution in [2.75, 3.05) is 13.1 Å². The van der Waals surface area contributed by atoms with Gasteiger partial charge in [0.15, 0.2) is 0 Å². The first kappa shape index (κ1) is 15.2. The second-order valence-corrected chi connectivity index (χ2v) is 4.58. The average molecular weight is 263 g/mol. The molecule has 19 heavy (non-hydrogen) atoms. The topological polar surface area (TPSA) is 57.6 Å². The number of unbranched alkanes of at least 4 members (excludes halogenated alkanes) is 2. The number of carbonyl (C=O) groups excluding carboxylic acids is 1. The minimum Gasteiger partial charge on any atom is -0.480 e. The fourth-order valence-electron chi connectivity index (χ4n) is 1.89. The van der Waals surface area contributed by atoms with Gasteiger partial charge in [-0.05, 0) is 12.0 Å². The summed E-state index contributed by atoms with van der Waals surface area (Å²) < 4.78 is 0. The van der Waals surface area contributed by atoms with Crippen molar-refractivity contribution in [3.8, 4) is 0 Å². The quantitative estimate of drug-likeness (QED) is 0.732. The Morgan fingerprint density at radius 3 is 2.42 bits per heavy atom. The minimum absolute atomic E-state index is 0.121. The lowest BCUT2D eigenvalue weighted by molar-refractivity contribution is -0.144. The van der Waals surface area contributed by atoms with Crippen molar-refractivity contribution in [3.63, 3.8) is 0 Å². The number of nitrogens with zero attached hydrogens (tertiary/aromatic N) is 1. The molecular weight excluding hydrogens is 242 g/mol. The van der Waals surface area contributed by atoms with Crippen molar-refractivity contribution in [2.24, 2.45) is 0 Å². The van der Waals surface area contributed by atoms with Gasteiger partial charge in [-0.3, -0.25) is 9.59 Å². The van der Waals surface area contributed by atoms with Crippen LogP contribution in [-0.2, 0) is 16.0 Å². The first-order chi connectivity index (χ1) is 9.13. The summed E-state index contributed by atoms with van der Waals surface area (Å²) in [6.07, 6.45) is 3.17. The van der Waals surface area contributed by atoms with Gasteiger partial charge in [-0.2, -0.15) is 0 Å². The van der Waals surface area contributed by atoms with Crippen molar-refractivity contribution in [3.05, 3.63) is 35.9 Å². The molecule has 4 nitrogen and oxygen atoms in total. The van der Waals surface area contributed by atoms with Crippen LogP contribution in [0, 0.1) is 0 Å². The molecular formula is C15H21NO3. The smallest absolute Gasteiger partial charge is 0.323 e. The lowest BCUT2D eigenvalue weighted by Gasteiger charge is -2.20. The van der Waals surface area contributed by atoms with Gasteiger partial charge in [-0.1, -0.05) is 50.1 Å². The molecule has 1 amide bonds.